The summed E-state index contributed by atoms with van der Waals surface area (Å²) in [5, 5.41) is 69.1. The number of carbonyl (C=O) groups is 3. The number of esters is 2. The molecule has 0 radical (unpaired) electrons. The number of hydrogen-bond donors (Lipinski definition) is 6. The van der Waals surface area contributed by atoms with Crippen LogP contribution in [0.25, 0.3) is 0 Å². The molecular weight excluding hydrogens is 1320 g/mol. The number of methoxy groups -OCH3 is 4. The standard InChI is InChI=1S/C61H88Cl2O32/c1-21(2)53(70)87-49-45-32(92-61(93-45)52-51(78-20-79-52)60(72,27(8)64)28(9)91-61)19-77-56(49)89-57-48(76-14)39(68)44(31(83-57)18-73-11)88-55-40(69)47(43(74-12)24(5)82-55)85-34-17-58(10)50(26(7)81-34)94-59(95-58)16-30(66)42(25(6)90-59)84-33-15-29(65)41(23(4)80-33)86-54(71)35-22(3)36(62)38(67)37(63)46(35)75-13/h21,23-26,28-34,39-45,47-52,55-57,65-69,72H,15-20H2,1-14H3/t23-,24-,25-,26-,28-,29-,30-,31-,32+,33+,34+,39+,40-,41-,42-,43+,44-,45-,47-,48+,49-,50-,51-,52-,55+,56-,57+,58-,59?,60+,61-/m1/s1. The van der Waals surface area contributed by atoms with E-state index in [9.17, 15) is 45.0 Å². The van der Waals surface area contributed by atoms with E-state index < -0.39 is 218 Å². The van der Waals surface area contributed by atoms with E-state index in [1.807, 2.05) is 0 Å². The van der Waals surface area contributed by atoms with Gasteiger partial charge in [0.15, 0.2) is 66.4 Å². The fourth-order valence-corrected chi connectivity index (χ4v) is 15.1. The van der Waals surface area contributed by atoms with Crippen LogP contribution in [0.1, 0.15) is 97.5 Å². The maximum absolute atomic E-state index is 13.6. The van der Waals surface area contributed by atoms with Crippen molar-refractivity contribution in [2.24, 2.45) is 5.92 Å². The SMILES string of the molecule is COC[C@H]1O[C@@H](O[C@H]2OC[C@@H]3O[C@]4(O[C@H]3[C@H]2OC(=O)C(C)C)O[C@H](C)[C@@](O)(C(C)=O)[C@@H]2OCO[C@H]24)[C@@H](OC)[C@@H](O)[C@@H]1O[C@@H]1O[C@H](C)[C@H](OC)[C@H](O[C@H]2C[C@@]3(C)OC4(C[C@@H](O)[C@H](O[C@H]5C[C@@H](O)[C@H](OC(=O)c6c(C)c(Cl)c(O)c(Cl)c6OC)[C@@H](C)O5)[C@@H](C)O4)O[C@@H]3[C@@H](C)O2)[C@H]1O. The Labute approximate surface area is 557 Å². The fourth-order valence-electron chi connectivity index (χ4n) is 14.6. The Hall–Kier alpha value is -2.99. The minimum absolute atomic E-state index is 0.00299. The highest BCUT2D eigenvalue weighted by Crippen LogP contribution is 2.53. The predicted octanol–water partition coefficient (Wildman–Crippen LogP) is 1.05. The molecule has 0 amide bonds. The monoisotopic (exact) mass is 1400 g/mol. The van der Waals surface area contributed by atoms with Crippen LogP contribution in [0.2, 0.25) is 10.0 Å². The third-order valence-electron chi connectivity index (χ3n) is 19.4. The molecular formula is C61H88Cl2O32. The number of hydrogen-bond acceptors (Lipinski definition) is 32. The van der Waals surface area contributed by atoms with Crippen LogP contribution in [0.3, 0.4) is 0 Å². The number of phenolic OH excluding ortho intramolecular Hbond substituents is 1. The van der Waals surface area contributed by atoms with E-state index in [4.69, 9.17) is 132 Å². The lowest BCUT2D eigenvalue weighted by molar-refractivity contribution is -0.428. The largest absolute Gasteiger partial charge is 0.505 e. The molecule has 6 N–H and O–H groups in total. The van der Waals surface area contributed by atoms with Gasteiger partial charge >= 0.3 is 17.9 Å². The Morgan fingerprint density at radius 3 is 1.99 bits per heavy atom. The second-order valence-electron chi connectivity index (χ2n) is 26.2. The number of ketones is 1. The van der Waals surface area contributed by atoms with Crippen LogP contribution in [-0.4, -0.2) is 286 Å². The topological polar surface area (TPSA) is 385 Å². The van der Waals surface area contributed by atoms with Crippen LogP contribution >= 0.6 is 23.2 Å². The number of phenols is 1. The molecule has 1 aromatic rings. The number of carbonyl (C=O) groups excluding carboxylic acids is 3. The highest BCUT2D eigenvalue weighted by Gasteiger charge is 2.73. The summed E-state index contributed by atoms with van der Waals surface area (Å²) in [6, 6.07) is 0. The Balaban J connectivity index is 0.722. The summed E-state index contributed by atoms with van der Waals surface area (Å²) in [5.74, 6) is -7.41. The molecule has 10 aliphatic heterocycles. The number of halogens is 2. The molecule has 2 spiro atoms. The number of aliphatic hydroxyl groups excluding tert-OH is 4. The third-order valence-corrected chi connectivity index (χ3v) is 20.2. The Morgan fingerprint density at radius 1 is 0.653 bits per heavy atom. The van der Waals surface area contributed by atoms with Crippen LogP contribution in [0.15, 0.2) is 0 Å². The molecule has 0 aliphatic carbocycles. The predicted molar refractivity (Wildman–Crippen MR) is 313 cm³/mol. The molecule has 1 aromatic carbocycles. The fraction of sp³-hybridized carbons (Fsp3) is 0.852. The number of fused-ring (bicyclic) bond motifs is 4. The average molecular weight is 1400 g/mol. The molecule has 10 heterocycles. The highest BCUT2D eigenvalue weighted by atomic mass is 35.5. The molecule has 34 heteroatoms. The van der Waals surface area contributed by atoms with Crippen LogP contribution in [0.5, 0.6) is 11.5 Å². The first kappa shape index (κ1) is 73.2. The van der Waals surface area contributed by atoms with E-state index in [1.165, 1.54) is 49.2 Å². The summed E-state index contributed by atoms with van der Waals surface area (Å²) in [7, 11) is 5.35. The minimum Gasteiger partial charge on any atom is -0.505 e. The first-order valence-corrected chi connectivity index (χ1v) is 32.5. The number of aliphatic hydroxyl groups is 5. The van der Waals surface area contributed by atoms with Crippen molar-refractivity contribution in [1.82, 2.24) is 0 Å². The van der Waals surface area contributed by atoms with Crippen molar-refractivity contribution in [2.75, 3.05) is 48.4 Å². The molecule has 10 saturated heterocycles. The van der Waals surface area contributed by atoms with Crippen LogP contribution in [0, 0.1) is 12.8 Å². The maximum atomic E-state index is 13.6. The van der Waals surface area contributed by atoms with Gasteiger partial charge in [0.25, 0.3) is 5.97 Å². The van der Waals surface area contributed by atoms with Gasteiger partial charge in [0.2, 0.25) is 6.29 Å². The third kappa shape index (κ3) is 13.4. The van der Waals surface area contributed by atoms with Crippen molar-refractivity contribution in [3.63, 3.8) is 0 Å². The minimum atomic E-state index is -2.13. The zero-order valence-corrected chi connectivity index (χ0v) is 56.5. The van der Waals surface area contributed by atoms with Gasteiger partial charge in [-0.2, -0.15) is 0 Å². The molecule has 538 valence electrons. The van der Waals surface area contributed by atoms with E-state index >= 15 is 0 Å². The number of benzene rings is 1. The molecule has 0 bridgehead atoms. The zero-order valence-electron chi connectivity index (χ0n) is 55.0. The molecule has 32 nitrogen and oxygen atoms in total. The number of Topliss-reactive ketones (excluding diaryl/α,β-unsaturated/α-hetero) is 1. The van der Waals surface area contributed by atoms with Crippen molar-refractivity contribution >= 4 is 40.9 Å². The van der Waals surface area contributed by atoms with Gasteiger partial charge in [0.1, 0.15) is 96.2 Å². The normalized spacial score (nSPS) is 47.3. The molecule has 0 aromatic heterocycles. The van der Waals surface area contributed by atoms with E-state index in [1.54, 1.807) is 48.5 Å². The van der Waals surface area contributed by atoms with Crippen molar-refractivity contribution in [3.8, 4) is 11.5 Å². The molecule has 1 unspecified atom stereocenters. The van der Waals surface area contributed by atoms with E-state index in [0.29, 0.717) is 0 Å². The van der Waals surface area contributed by atoms with Crippen molar-refractivity contribution < 1.29 is 154 Å². The average Bonchev–Trinajstić information content (AvgIpc) is 1.59. The quantitative estimate of drug-likeness (QED) is 0.112. The first-order chi connectivity index (χ1) is 44.9. The summed E-state index contributed by atoms with van der Waals surface area (Å²) in [6.45, 7) is 15.0. The van der Waals surface area contributed by atoms with Crippen molar-refractivity contribution in [1.29, 1.82) is 0 Å². The van der Waals surface area contributed by atoms with Gasteiger partial charge in [0.05, 0.1) is 80.4 Å². The number of aromatic hydroxyl groups is 1. The van der Waals surface area contributed by atoms with Gasteiger partial charge in [-0.3, -0.25) is 9.59 Å². The smallest absolute Gasteiger partial charge is 0.342 e. The second kappa shape index (κ2) is 28.4. The van der Waals surface area contributed by atoms with E-state index in [-0.39, 0.29) is 66.2 Å². The van der Waals surface area contributed by atoms with E-state index in [0.717, 1.165) is 0 Å². The summed E-state index contributed by atoms with van der Waals surface area (Å²) in [5.41, 5.74) is -3.34. The first-order valence-electron chi connectivity index (χ1n) is 31.7. The van der Waals surface area contributed by atoms with Crippen LogP contribution < -0.4 is 4.74 Å². The lowest BCUT2D eigenvalue weighted by Gasteiger charge is -2.49. The summed E-state index contributed by atoms with van der Waals surface area (Å²) >= 11 is 12.5. The van der Waals surface area contributed by atoms with Crippen molar-refractivity contribution in [3.05, 3.63) is 21.2 Å². The number of ether oxygens (including phenoxy) is 23. The van der Waals surface area contributed by atoms with Crippen LogP contribution in [-0.2, 0) is 114 Å². The Kier molecular flexibility index (Phi) is 21.9. The summed E-state index contributed by atoms with van der Waals surface area (Å²) in [4.78, 5) is 39.8. The van der Waals surface area contributed by atoms with Gasteiger partial charge in [0, 0.05) is 34.2 Å². The Bertz CT molecular complexity index is 2890. The van der Waals surface area contributed by atoms with Gasteiger partial charge in [-0.25, -0.2) is 4.79 Å². The molecule has 95 heavy (non-hydrogen) atoms. The van der Waals surface area contributed by atoms with Crippen molar-refractivity contribution in [2.45, 2.75) is 277 Å². The highest BCUT2D eigenvalue weighted by molar-refractivity contribution is 6.39. The maximum Gasteiger partial charge on any atom is 0.342 e. The second-order valence-corrected chi connectivity index (χ2v) is 27.0. The van der Waals surface area contributed by atoms with Gasteiger partial charge in [-0.1, -0.05) is 37.0 Å². The molecule has 10 aliphatic rings. The lowest BCUT2D eigenvalue weighted by Crippen LogP contribution is -2.72. The van der Waals surface area contributed by atoms with Gasteiger partial charge in [-0.15, -0.1) is 0 Å². The Morgan fingerprint density at radius 2 is 1.34 bits per heavy atom. The molecule has 31 atom stereocenters. The van der Waals surface area contributed by atoms with Crippen LogP contribution in [0.4, 0.5) is 0 Å². The molecule has 0 saturated carbocycles. The van der Waals surface area contributed by atoms with E-state index in [2.05, 4.69) is 0 Å². The van der Waals surface area contributed by atoms with Gasteiger partial charge in [-0.05, 0) is 61.0 Å². The lowest BCUT2D eigenvalue weighted by atomic mass is 9.81. The number of rotatable bonds is 18. The molecule has 10 fully saturated rings. The van der Waals surface area contributed by atoms with Gasteiger partial charge < -0.3 is 140 Å². The molecule has 11 rings (SSSR count). The zero-order chi connectivity index (χ0) is 68.9. The summed E-state index contributed by atoms with van der Waals surface area (Å²) in [6.07, 6.45) is -32.8. The summed E-state index contributed by atoms with van der Waals surface area (Å²) < 4.78 is 142.